The Morgan fingerprint density at radius 2 is 1.94 bits per heavy atom. The third-order valence-corrected chi connectivity index (χ3v) is 2.78. The highest BCUT2D eigenvalue weighted by atomic mass is 35.5. The second-order valence-corrected chi connectivity index (χ2v) is 4.41. The summed E-state index contributed by atoms with van der Waals surface area (Å²) in [4.78, 5) is 13.7. The van der Waals surface area contributed by atoms with Crippen molar-refractivity contribution in [3.8, 4) is 0 Å². The molecule has 1 fully saturated rings. The summed E-state index contributed by atoms with van der Waals surface area (Å²) in [5, 5.41) is 2.93. The zero-order valence-corrected chi connectivity index (χ0v) is 12.1. The van der Waals surface area contributed by atoms with Gasteiger partial charge in [0.15, 0.2) is 0 Å². The Labute approximate surface area is 117 Å². The van der Waals surface area contributed by atoms with Crippen molar-refractivity contribution in [1.82, 2.24) is 10.2 Å². The number of carbonyl (C=O) groups is 1. The molecular weight excluding hydrogens is 261 g/mol. The van der Waals surface area contributed by atoms with E-state index in [0.717, 1.165) is 19.5 Å². The van der Waals surface area contributed by atoms with Gasteiger partial charge in [-0.25, -0.2) is 0 Å². The predicted octanol–water partition coefficient (Wildman–Crippen LogP) is 1.17. The molecule has 1 aliphatic rings. The molecule has 1 unspecified atom stereocenters. The predicted molar refractivity (Wildman–Crippen MR) is 76.1 cm³/mol. The van der Waals surface area contributed by atoms with Crippen molar-refractivity contribution < 1.29 is 4.79 Å². The van der Waals surface area contributed by atoms with Crippen molar-refractivity contribution in [2.45, 2.75) is 38.6 Å². The maximum Gasteiger partial charge on any atom is 0.220 e. The maximum absolute atomic E-state index is 11.3. The van der Waals surface area contributed by atoms with Crippen LogP contribution in [0.4, 0.5) is 0 Å². The minimum atomic E-state index is 0. The Balaban J connectivity index is 0. The lowest BCUT2D eigenvalue weighted by Gasteiger charge is -2.14. The summed E-state index contributed by atoms with van der Waals surface area (Å²) in [5.74, 6) is 0.131. The minimum Gasteiger partial charge on any atom is -0.355 e. The van der Waals surface area contributed by atoms with Crippen LogP contribution < -0.4 is 11.1 Å². The van der Waals surface area contributed by atoms with E-state index in [1.54, 1.807) is 0 Å². The quantitative estimate of drug-likeness (QED) is 0.770. The standard InChI is InChI=1S/C11H23N3O.2ClH/c1-10(12)4-5-11(15)13-6-9-14-7-2-3-8-14;;/h10H,2-9,12H2,1H3,(H,13,15);2*1H. The lowest BCUT2D eigenvalue weighted by atomic mass is 10.2. The number of nitrogens with two attached hydrogens (primary N) is 1. The SMILES string of the molecule is CC(N)CCC(=O)NCCN1CCCC1.Cl.Cl. The van der Waals surface area contributed by atoms with Crippen LogP contribution in [0.25, 0.3) is 0 Å². The van der Waals surface area contributed by atoms with Crippen molar-refractivity contribution in [3.05, 3.63) is 0 Å². The van der Waals surface area contributed by atoms with Gasteiger partial charge in [0.2, 0.25) is 5.91 Å². The summed E-state index contributed by atoms with van der Waals surface area (Å²) in [6.45, 7) is 6.07. The fourth-order valence-corrected chi connectivity index (χ4v) is 1.81. The van der Waals surface area contributed by atoms with E-state index in [0.29, 0.717) is 6.42 Å². The molecule has 1 heterocycles. The topological polar surface area (TPSA) is 58.4 Å². The molecule has 1 aliphatic heterocycles. The normalized spacial score (nSPS) is 16.8. The third-order valence-electron chi connectivity index (χ3n) is 2.78. The molecular formula is C11H25Cl2N3O. The van der Waals surface area contributed by atoms with Crippen molar-refractivity contribution >= 4 is 30.7 Å². The molecule has 0 aromatic rings. The van der Waals surface area contributed by atoms with Crippen LogP contribution in [0.15, 0.2) is 0 Å². The summed E-state index contributed by atoms with van der Waals surface area (Å²) in [6, 6.07) is 0.120. The first-order chi connectivity index (χ1) is 7.18. The van der Waals surface area contributed by atoms with Crippen molar-refractivity contribution in [2.75, 3.05) is 26.2 Å². The van der Waals surface area contributed by atoms with E-state index in [1.165, 1.54) is 25.9 Å². The molecule has 0 bridgehead atoms. The molecule has 0 saturated carbocycles. The molecule has 6 heteroatoms. The van der Waals surface area contributed by atoms with Gasteiger partial charge in [-0.05, 0) is 39.3 Å². The Morgan fingerprint density at radius 3 is 2.47 bits per heavy atom. The van der Waals surface area contributed by atoms with Crippen LogP contribution in [0.2, 0.25) is 0 Å². The lowest BCUT2D eigenvalue weighted by Crippen LogP contribution is -2.34. The zero-order valence-electron chi connectivity index (χ0n) is 10.5. The van der Waals surface area contributed by atoms with E-state index < -0.39 is 0 Å². The fourth-order valence-electron chi connectivity index (χ4n) is 1.81. The van der Waals surface area contributed by atoms with E-state index in [2.05, 4.69) is 10.2 Å². The largest absolute Gasteiger partial charge is 0.355 e. The lowest BCUT2D eigenvalue weighted by molar-refractivity contribution is -0.121. The number of nitrogens with zero attached hydrogens (tertiary/aromatic N) is 1. The Kier molecular flexibility index (Phi) is 12.6. The van der Waals surface area contributed by atoms with Gasteiger partial charge in [-0.2, -0.15) is 0 Å². The maximum atomic E-state index is 11.3. The van der Waals surface area contributed by atoms with E-state index in [-0.39, 0.29) is 36.8 Å². The second-order valence-electron chi connectivity index (χ2n) is 4.41. The first-order valence-electron chi connectivity index (χ1n) is 5.93. The zero-order chi connectivity index (χ0) is 11.1. The van der Waals surface area contributed by atoms with E-state index in [1.807, 2.05) is 6.92 Å². The van der Waals surface area contributed by atoms with Crippen LogP contribution in [0, 0.1) is 0 Å². The molecule has 1 rings (SSSR count). The van der Waals surface area contributed by atoms with Gasteiger partial charge in [-0.3, -0.25) is 4.79 Å². The summed E-state index contributed by atoms with van der Waals surface area (Å²) >= 11 is 0. The number of rotatable bonds is 6. The van der Waals surface area contributed by atoms with Crippen molar-refractivity contribution in [1.29, 1.82) is 0 Å². The highest BCUT2D eigenvalue weighted by Gasteiger charge is 2.10. The Hall–Kier alpha value is -0.0300. The van der Waals surface area contributed by atoms with Crippen LogP contribution >= 0.6 is 24.8 Å². The average Bonchev–Trinajstić information content (AvgIpc) is 2.67. The van der Waals surface area contributed by atoms with E-state index >= 15 is 0 Å². The van der Waals surface area contributed by atoms with Crippen LogP contribution in [-0.4, -0.2) is 43.0 Å². The minimum absolute atomic E-state index is 0. The van der Waals surface area contributed by atoms with Gasteiger partial charge < -0.3 is 16.0 Å². The molecule has 1 atom stereocenters. The average molecular weight is 286 g/mol. The van der Waals surface area contributed by atoms with Crippen molar-refractivity contribution in [2.24, 2.45) is 5.73 Å². The van der Waals surface area contributed by atoms with Gasteiger partial charge >= 0.3 is 0 Å². The second kappa shape index (κ2) is 11.1. The monoisotopic (exact) mass is 285 g/mol. The first kappa shape index (κ1) is 19.3. The molecule has 3 N–H and O–H groups in total. The first-order valence-corrected chi connectivity index (χ1v) is 5.93. The molecule has 4 nitrogen and oxygen atoms in total. The summed E-state index contributed by atoms with van der Waals surface area (Å²) in [5.41, 5.74) is 5.58. The highest BCUT2D eigenvalue weighted by molar-refractivity contribution is 5.85. The van der Waals surface area contributed by atoms with Crippen LogP contribution in [-0.2, 0) is 4.79 Å². The smallest absolute Gasteiger partial charge is 0.220 e. The number of hydrogen-bond acceptors (Lipinski definition) is 3. The molecule has 0 spiro atoms. The van der Waals surface area contributed by atoms with Crippen LogP contribution in [0.5, 0.6) is 0 Å². The number of likely N-dealkylation sites (tertiary alicyclic amines) is 1. The third kappa shape index (κ3) is 9.65. The number of nitrogens with one attached hydrogen (secondary N) is 1. The molecule has 0 aliphatic carbocycles. The molecule has 0 aromatic carbocycles. The molecule has 104 valence electrons. The Morgan fingerprint density at radius 1 is 1.35 bits per heavy atom. The molecule has 0 aromatic heterocycles. The number of amides is 1. The summed E-state index contributed by atoms with van der Waals surface area (Å²) < 4.78 is 0. The van der Waals surface area contributed by atoms with Gasteiger partial charge in [0.05, 0.1) is 0 Å². The number of halogens is 2. The van der Waals surface area contributed by atoms with Gasteiger partial charge in [0, 0.05) is 25.6 Å². The van der Waals surface area contributed by atoms with Crippen molar-refractivity contribution in [3.63, 3.8) is 0 Å². The fraction of sp³-hybridized carbons (Fsp3) is 0.909. The van der Waals surface area contributed by atoms with Crippen LogP contribution in [0.3, 0.4) is 0 Å². The van der Waals surface area contributed by atoms with E-state index in [4.69, 9.17) is 5.73 Å². The Bertz CT molecular complexity index is 197. The van der Waals surface area contributed by atoms with Gasteiger partial charge in [0.1, 0.15) is 0 Å². The molecule has 1 saturated heterocycles. The molecule has 0 radical (unpaired) electrons. The highest BCUT2D eigenvalue weighted by Crippen LogP contribution is 2.05. The van der Waals surface area contributed by atoms with Gasteiger partial charge in [-0.1, -0.05) is 0 Å². The summed E-state index contributed by atoms with van der Waals surface area (Å²) in [7, 11) is 0. The summed E-state index contributed by atoms with van der Waals surface area (Å²) in [6.07, 6.45) is 3.94. The molecule has 1 amide bonds. The molecule has 17 heavy (non-hydrogen) atoms. The van der Waals surface area contributed by atoms with E-state index in [9.17, 15) is 4.79 Å². The van der Waals surface area contributed by atoms with Gasteiger partial charge in [-0.15, -0.1) is 24.8 Å². The van der Waals surface area contributed by atoms with Gasteiger partial charge in [0.25, 0.3) is 0 Å². The number of hydrogen-bond donors (Lipinski definition) is 2. The number of carbonyl (C=O) groups excluding carboxylic acids is 1. The van der Waals surface area contributed by atoms with Crippen LogP contribution in [0.1, 0.15) is 32.6 Å².